The van der Waals surface area contributed by atoms with Crippen molar-refractivity contribution in [2.24, 2.45) is 5.41 Å². The van der Waals surface area contributed by atoms with Crippen LogP contribution in [0.4, 0.5) is 11.4 Å². The maximum absolute atomic E-state index is 12.6. The first-order valence-corrected chi connectivity index (χ1v) is 10.3. The Morgan fingerprint density at radius 3 is 2.44 bits per heavy atom. The minimum atomic E-state index is -3.71. The monoisotopic (exact) mass is 388 g/mol. The number of nitrogens with zero attached hydrogens (tertiary/aromatic N) is 1. The summed E-state index contributed by atoms with van der Waals surface area (Å²) in [5.74, 6) is 0.420. The van der Waals surface area contributed by atoms with Crippen LogP contribution >= 0.6 is 0 Å². The Kier molecular flexibility index (Phi) is 4.90. The maximum atomic E-state index is 12.6. The van der Waals surface area contributed by atoms with Crippen LogP contribution in [0.2, 0.25) is 0 Å². The standard InChI is InChI=1S/C20H24N2O4S/c1-5-14-6-9-16(10-7-14)27(24,25)21-15-8-11-17-18(12-15)26-13-20(2,3)19(23)22(17)4/h6-12,21H,5,13H2,1-4H3. The first kappa shape index (κ1) is 19.2. The van der Waals surface area contributed by atoms with Gasteiger partial charge in [0.1, 0.15) is 12.4 Å². The minimum absolute atomic E-state index is 0.0504. The van der Waals surface area contributed by atoms with Gasteiger partial charge in [-0.1, -0.05) is 19.1 Å². The van der Waals surface area contributed by atoms with Gasteiger partial charge >= 0.3 is 0 Å². The fourth-order valence-electron chi connectivity index (χ4n) is 2.97. The van der Waals surface area contributed by atoms with Crippen LogP contribution in [0.25, 0.3) is 0 Å². The summed E-state index contributed by atoms with van der Waals surface area (Å²) < 4.78 is 33.7. The van der Waals surface area contributed by atoms with Crippen LogP contribution in [0.3, 0.4) is 0 Å². The number of carbonyl (C=O) groups is 1. The first-order chi connectivity index (χ1) is 12.6. The number of benzene rings is 2. The number of nitrogens with one attached hydrogen (secondary N) is 1. The molecule has 1 heterocycles. The molecule has 0 unspecified atom stereocenters. The number of hydrogen-bond acceptors (Lipinski definition) is 4. The summed E-state index contributed by atoms with van der Waals surface area (Å²) in [6.45, 7) is 5.88. The van der Waals surface area contributed by atoms with Crippen molar-refractivity contribution in [1.29, 1.82) is 0 Å². The number of fused-ring (bicyclic) bond motifs is 1. The molecule has 0 atom stereocenters. The zero-order chi connectivity index (χ0) is 19.8. The van der Waals surface area contributed by atoms with Crippen molar-refractivity contribution in [3.05, 3.63) is 48.0 Å². The SMILES string of the molecule is CCc1ccc(S(=O)(=O)Nc2ccc3c(c2)OCC(C)(C)C(=O)N3C)cc1. The molecule has 0 saturated carbocycles. The Morgan fingerprint density at radius 2 is 1.81 bits per heavy atom. The summed E-state index contributed by atoms with van der Waals surface area (Å²) in [6.07, 6.45) is 0.846. The highest BCUT2D eigenvalue weighted by Crippen LogP contribution is 2.37. The van der Waals surface area contributed by atoms with Crippen LogP contribution in [-0.2, 0) is 21.2 Å². The summed E-state index contributed by atoms with van der Waals surface area (Å²) in [6, 6.07) is 11.7. The Bertz CT molecular complexity index is 966. The maximum Gasteiger partial charge on any atom is 0.261 e. The largest absolute Gasteiger partial charge is 0.490 e. The van der Waals surface area contributed by atoms with Crippen LogP contribution in [-0.4, -0.2) is 28.0 Å². The van der Waals surface area contributed by atoms with E-state index >= 15 is 0 Å². The number of hydrogen-bond donors (Lipinski definition) is 1. The number of amides is 1. The van der Waals surface area contributed by atoms with Crippen LogP contribution in [0.15, 0.2) is 47.4 Å². The minimum Gasteiger partial charge on any atom is -0.490 e. The molecule has 6 nitrogen and oxygen atoms in total. The highest BCUT2D eigenvalue weighted by Gasteiger charge is 2.36. The van der Waals surface area contributed by atoms with Gasteiger partial charge < -0.3 is 9.64 Å². The Morgan fingerprint density at radius 1 is 1.15 bits per heavy atom. The molecule has 0 fully saturated rings. The predicted octanol–water partition coefficient (Wildman–Crippen LogP) is 3.43. The molecule has 1 aliphatic heterocycles. The van der Waals surface area contributed by atoms with E-state index in [9.17, 15) is 13.2 Å². The van der Waals surface area contributed by atoms with Gasteiger partial charge in [0.15, 0.2) is 0 Å². The van der Waals surface area contributed by atoms with Gasteiger partial charge in [0.05, 0.1) is 21.7 Å². The van der Waals surface area contributed by atoms with E-state index in [4.69, 9.17) is 4.74 Å². The van der Waals surface area contributed by atoms with E-state index < -0.39 is 15.4 Å². The summed E-state index contributed by atoms with van der Waals surface area (Å²) >= 11 is 0. The zero-order valence-electron chi connectivity index (χ0n) is 15.9. The second-order valence-electron chi connectivity index (χ2n) is 7.32. The van der Waals surface area contributed by atoms with E-state index in [-0.39, 0.29) is 17.4 Å². The Hall–Kier alpha value is -2.54. The normalized spacial score (nSPS) is 16.3. The Balaban J connectivity index is 1.89. The van der Waals surface area contributed by atoms with Gasteiger partial charge in [-0.15, -0.1) is 0 Å². The molecule has 2 aromatic carbocycles. The highest BCUT2D eigenvalue weighted by molar-refractivity contribution is 7.92. The lowest BCUT2D eigenvalue weighted by Gasteiger charge is -2.24. The molecular formula is C20H24N2O4S. The molecule has 2 aromatic rings. The number of aryl methyl sites for hydroxylation is 1. The zero-order valence-corrected chi connectivity index (χ0v) is 16.8. The van der Waals surface area contributed by atoms with Gasteiger partial charge in [-0.2, -0.15) is 0 Å². The van der Waals surface area contributed by atoms with Crippen molar-refractivity contribution < 1.29 is 17.9 Å². The lowest BCUT2D eigenvalue weighted by molar-refractivity contribution is -0.127. The van der Waals surface area contributed by atoms with Crippen LogP contribution < -0.4 is 14.4 Å². The van der Waals surface area contributed by atoms with Crippen molar-refractivity contribution in [2.75, 3.05) is 23.3 Å². The topological polar surface area (TPSA) is 75.7 Å². The second-order valence-corrected chi connectivity index (χ2v) is 9.00. The molecule has 0 aromatic heterocycles. The fraction of sp³-hybridized carbons (Fsp3) is 0.350. The molecule has 1 aliphatic rings. The van der Waals surface area contributed by atoms with Gasteiger partial charge in [0.2, 0.25) is 5.91 Å². The van der Waals surface area contributed by atoms with E-state index in [2.05, 4.69) is 4.72 Å². The molecule has 27 heavy (non-hydrogen) atoms. The number of rotatable bonds is 4. The van der Waals surface area contributed by atoms with E-state index in [1.165, 1.54) is 0 Å². The number of sulfonamides is 1. The van der Waals surface area contributed by atoms with Crippen LogP contribution in [0.5, 0.6) is 5.75 Å². The van der Waals surface area contributed by atoms with Crippen molar-refractivity contribution >= 4 is 27.3 Å². The molecule has 0 spiro atoms. The third-order valence-corrected chi connectivity index (χ3v) is 6.08. The predicted molar refractivity (Wildman–Crippen MR) is 106 cm³/mol. The summed E-state index contributed by atoms with van der Waals surface area (Å²) in [5.41, 5.74) is 1.41. The van der Waals surface area contributed by atoms with E-state index in [0.29, 0.717) is 17.1 Å². The quantitative estimate of drug-likeness (QED) is 0.871. The molecule has 0 bridgehead atoms. The number of ether oxygens (including phenoxy) is 1. The lowest BCUT2D eigenvalue weighted by Crippen LogP contribution is -2.39. The highest BCUT2D eigenvalue weighted by atomic mass is 32.2. The first-order valence-electron chi connectivity index (χ1n) is 8.81. The van der Waals surface area contributed by atoms with E-state index in [1.807, 2.05) is 20.8 Å². The lowest BCUT2D eigenvalue weighted by atomic mass is 9.93. The number of carbonyl (C=O) groups excluding carboxylic acids is 1. The number of anilines is 2. The van der Waals surface area contributed by atoms with Gasteiger partial charge in [0.25, 0.3) is 10.0 Å². The van der Waals surface area contributed by atoms with Gasteiger partial charge in [-0.3, -0.25) is 9.52 Å². The third kappa shape index (κ3) is 3.78. The van der Waals surface area contributed by atoms with Gasteiger partial charge in [-0.25, -0.2) is 8.42 Å². The molecular weight excluding hydrogens is 364 g/mol. The molecule has 3 rings (SSSR count). The molecule has 144 valence electrons. The average Bonchev–Trinajstić information content (AvgIpc) is 2.72. The van der Waals surface area contributed by atoms with Gasteiger partial charge in [-0.05, 0) is 50.1 Å². The summed E-state index contributed by atoms with van der Waals surface area (Å²) in [4.78, 5) is 14.3. The van der Waals surface area contributed by atoms with Crippen LogP contribution in [0, 0.1) is 5.41 Å². The van der Waals surface area contributed by atoms with Crippen molar-refractivity contribution in [1.82, 2.24) is 0 Å². The summed E-state index contributed by atoms with van der Waals surface area (Å²) in [7, 11) is -2.02. The van der Waals surface area contributed by atoms with Crippen molar-refractivity contribution in [3.8, 4) is 5.75 Å². The molecule has 0 radical (unpaired) electrons. The molecule has 1 amide bonds. The van der Waals surface area contributed by atoms with Gasteiger partial charge in [0, 0.05) is 13.1 Å². The van der Waals surface area contributed by atoms with E-state index in [0.717, 1.165) is 12.0 Å². The second kappa shape index (κ2) is 6.88. The fourth-order valence-corrected chi connectivity index (χ4v) is 4.02. The summed E-state index contributed by atoms with van der Waals surface area (Å²) in [5, 5.41) is 0. The smallest absolute Gasteiger partial charge is 0.261 e. The van der Waals surface area contributed by atoms with Crippen molar-refractivity contribution in [2.45, 2.75) is 32.1 Å². The molecule has 1 N–H and O–H groups in total. The average molecular weight is 388 g/mol. The Labute approximate surface area is 160 Å². The van der Waals surface area contributed by atoms with E-state index in [1.54, 1.807) is 54.4 Å². The van der Waals surface area contributed by atoms with Crippen molar-refractivity contribution in [3.63, 3.8) is 0 Å². The molecule has 0 aliphatic carbocycles. The molecule has 0 saturated heterocycles. The van der Waals surface area contributed by atoms with Crippen LogP contribution in [0.1, 0.15) is 26.3 Å². The molecule has 7 heteroatoms. The third-order valence-electron chi connectivity index (χ3n) is 4.69.